The molecule has 27 heavy (non-hydrogen) atoms. The molecular formula is C21H21ClN4O. The van der Waals surface area contributed by atoms with E-state index in [0.29, 0.717) is 28.9 Å². The minimum Gasteiger partial charge on any atom is -0.321 e. The first kappa shape index (κ1) is 18.9. The third-order valence-corrected chi connectivity index (χ3v) is 4.58. The van der Waals surface area contributed by atoms with Crippen LogP contribution in [-0.2, 0) is 0 Å². The monoisotopic (exact) mass is 380 g/mol. The van der Waals surface area contributed by atoms with Gasteiger partial charge in [0.25, 0.3) is 5.91 Å². The van der Waals surface area contributed by atoms with E-state index in [-0.39, 0.29) is 5.91 Å². The number of aromatic nitrogens is 2. The number of halogens is 1. The molecule has 0 atom stereocenters. The van der Waals surface area contributed by atoms with Gasteiger partial charge in [-0.1, -0.05) is 29.8 Å². The number of rotatable bonds is 5. The summed E-state index contributed by atoms with van der Waals surface area (Å²) < 4.78 is 0. The molecule has 1 N–H and O–H groups in total. The van der Waals surface area contributed by atoms with Gasteiger partial charge in [0, 0.05) is 29.1 Å². The Labute approximate surface area is 164 Å². The molecule has 138 valence electrons. The lowest BCUT2D eigenvalue weighted by Gasteiger charge is -2.21. The molecule has 0 saturated heterocycles. The van der Waals surface area contributed by atoms with Crippen LogP contribution in [0.25, 0.3) is 0 Å². The Kier molecular flexibility index (Phi) is 5.72. The molecule has 0 fully saturated rings. The molecule has 0 aliphatic rings. The first-order valence-electron chi connectivity index (χ1n) is 8.72. The number of benzene rings is 2. The van der Waals surface area contributed by atoms with Gasteiger partial charge in [-0.25, -0.2) is 9.97 Å². The number of hydrogen-bond donors (Lipinski definition) is 1. The van der Waals surface area contributed by atoms with Gasteiger partial charge in [-0.2, -0.15) is 0 Å². The fourth-order valence-electron chi connectivity index (χ4n) is 2.71. The Balaban J connectivity index is 1.85. The van der Waals surface area contributed by atoms with Crippen LogP contribution in [0.15, 0.2) is 54.7 Å². The summed E-state index contributed by atoms with van der Waals surface area (Å²) in [4.78, 5) is 23.4. The van der Waals surface area contributed by atoms with E-state index in [2.05, 4.69) is 21.4 Å². The van der Waals surface area contributed by atoms with Gasteiger partial charge < -0.3 is 10.2 Å². The van der Waals surface area contributed by atoms with Crippen molar-refractivity contribution < 1.29 is 4.79 Å². The van der Waals surface area contributed by atoms with Crippen LogP contribution in [0.4, 0.5) is 17.3 Å². The van der Waals surface area contributed by atoms with Crippen molar-refractivity contribution in [3.05, 3.63) is 76.6 Å². The molecular weight excluding hydrogens is 360 g/mol. The van der Waals surface area contributed by atoms with E-state index in [1.165, 1.54) is 0 Å². The van der Waals surface area contributed by atoms with Crippen LogP contribution < -0.4 is 10.2 Å². The highest BCUT2D eigenvalue weighted by molar-refractivity contribution is 6.31. The number of amides is 1. The van der Waals surface area contributed by atoms with Crippen LogP contribution in [0.3, 0.4) is 0 Å². The van der Waals surface area contributed by atoms with Crippen molar-refractivity contribution >= 4 is 34.8 Å². The van der Waals surface area contributed by atoms with E-state index < -0.39 is 0 Å². The lowest BCUT2D eigenvalue weighted by Crippen LogP contribution is -2.21. The van der Waals surface area contributed by atoms with Crippen molar-refractivity contribution in [1.29, 1.82) is 0 Å². The predicted octanol–water partition coefficient (Wildman–Crippen LogP) is 5.16. The lowest BCUT2D eigenvalue weighted by molar-refractivity contribution is 0.102. The van der Waals surface area contributed by atoms with E-state index in [1.54, 1.807) is 18.3 Å². The first-order chi connectivity index (χ1) is 13.0. The molecule has 5 nitrogen and oxygen atoms in total. The Bertz CT molecular complexity index is 974. The lowest BCUT2D eigenvalue weighted by atomic mass is 10.2. The van der Waals surface area contributed by atoms with Gasteiger partial charge in [-0.15, -0.1) is 0 Å². The van der Waals surface area contributed by atoms with Gasteiger partial charge in [-0.3, -0.25) is 4.79 Å². The van der Waals surface area contributed by atoms with Crippen LogP contribution in [0.1, 0.15) is 28.5 Å². The third kappa shape index (κ3) is 4.44. The fourth-order valence-corrected chi connectivity index (χ4v) is 2.89. The molecule has 1 heterocycles. The van der Waals surface area contributed by atoms with Gasteiger partial charge in [-0.05, 0) is 62.2 Å². The molecule has 2 aromatic carbocycles. The molecule has 3 aromatic rings. The van der Waals surface area contributed by atoms with Crippen molar-refractivity contribution in [2.45, 2.75) is 20.8 Å². The molecule has 0 unspecified atom stereocenters. The zero-order valence-electron chi connectivity index (χ0n) is 15.5. The van der Waals surface area contributed by atoms with Crippen LogP contribution in [0.2, 0.25) is 5.02 Å². The molecule has 0 bridgehead atoms. The SMILES string of the molecule is CCN(c1cccc(C)c1)c1nccc(C(=O)Nc2ccc(C)c(Cl)c2)n1. The number of hydrogen-bond acceptors (Lipinski definition) is 4. The average molecular weight is 381 g/mol. The summed E-state index contributed by atoms with van der Waals surface area (Å²) in [7, 11) is 0. The number of nitrogens with zero attached hydrogens (tertiary/aromatic N) is 3. The van der Waals surface area contributed by atoms with Gasteiger partial charge in [0.05, 0.1) is 0 Å². The second-order valence-corrected chi connectivity index (χ2v) is 6.65. The summed E-state index contributed by atoms with van der Waals surface area (Å²) in [5.74, 6) is 0.177. The van der Waals surface area contributed by atoms with Crippen molar-refractivity contribution in [2.75, 3.05) is 16.8 Å². The summed E-state index contributed by atoms with van der Waals surface area (Å²) in [6.07, 6.45) is 1.60. The van der Waals surface area contributed by atoms with Crippen molar-refractivity contribution in [1.82, 2.24) is 9.97 Å². The second kappa shape index (κ2) is 8.18. The normalized spacial score (nSPS) is 10.5. The highest BCUT2D eigenvalue weighted by Crippen LogP contribution is 2.23. The maximum Gasteiger partial charge on any atom is 0.274 e. The molecule has 1 aromatic heterocycles. The van der Waals surface area contributed by atoms with E-state index >= 15 is 0 Å². The van der Waals surface area contributed by atoms with Crippen molar-refractivity contribution in [2.24, 2.45) is 0 Å². The van der Waals surface area contributed by atoms with Crippen LogP contribution >= 0.6 is 11.6 Å². The predicted molar refractivity (Wildman–Crippen MR) is 110 cm³/mol. The summed E-state index contributed by atoms with van der Waals surface area (Å²) in [5, 5.41) is 3.43. The van der Waals surface area contributed by atoms with Gasteiger partial charge in [0.2, 0.25) is 5.95 Å². The third-order valence-electron chi connectivity index (χ3n) is 4.18. The Morgan fingerprint density at radius 1 is 1.15 bits per heavy atom. The molecule has 0 aliphatic heterocycles. The molecule has 6 heteroatoms. The van der Waals surface area contributed by atoms with Crippen LogP contribution in [0, 0.1) is 13.8 Å². The Morgan fingerprint density at radius 3 is 2.67 bits per heavy atom. The van der Waals surface area contributed by atoms with Crippen LogP contribution in [0.5, 0.6) is 0 Å². The number of aryl methyl sites for hydroxylation is 2. The summed E-state index contributed by atoms with van der Waals surface area (Å²) in [6.45, 7) is 6.65. The summed E-state index contributed by atoms with van der Waals surface area (Å²) in [5.41, 5.74) is 4.01. The standard InChI is InChI=1S/C21H21ClN4O/c1-4-26(17-7-5-6-14(2)12-17)21-23-11-10-19(25-21)20(27)24-16-9-8-15(3)18(22)13-16/h5-13H,4H2,1-3H3,(H,24,27). The quantitative estimate of drug-likeness (QED) is 0.664. The number of anilines is 3. The summed E-state index contributed by atoms with van der Waals surface area (Å²) >= 11 is 6.13. The number of carbonyl (C=O) groups excluding carboxylic acids is 1. The van der Waals surface area contributed by atoms with Crippen molar-refractivity contribution in [3.63, 3.8) is 0 Å². The highest BCUT2D eigenvalue weighted by Gasteiger charge is 2.14. The maximum atomic E-state index is 12.6. The van der Waals surface area contributed by atoms with E-state index in [1.807, 2.05) is 56.0 Å². The minimum atomic E-state index is -0.307. The molecule has 0 spiro atoms. The zero-order valence-corrected chi connectivity index (χ0v) is 16.3. The Morgan fingerprint density at radius 2 is 1.96 bits per heavy atom. The molecule has 0 aliphatic carbocycles. The topological polar surface area (TPSA) is 58.1 Å². The second-order valence-electron chi connectivity index (χ2n) is 6.24. The largest absolute Gasteiger partial charge is 0.321 e. The van der Waals surface area contributed by atoms with E-state index in [0.717, 1.165) is 16.8 Å². The average Bonchev–Trinajstić information content (AvgIpc) is 2.66. The Hall–Kier alpha value is -2.92. The van der Waals surface area contributed by atoms with Crippen LogP contribution in [-0.4, -0.2) is 22.4 Å². The van der Waals surface area contributed by atoms with E-state index in [9.17, 15) is 4.79 Å². The molecule has 0 saturated carbocycles. The number of nitrogens with one attached hydrogen (secondary N) is 1. The molecule has 0 radical (unpaired) electrons. The number of carbonyl (C=O) groups is 1. The van der Waals surface area contributed by atoms with Crippen molar-refractivity contribution in [3.8, 4) is 0 Å². The zero-order chi connectivity index (χ0) is 19.4. The van der Waals surface area contributed by atoms with E-state index in [4.69, 9.17) is 11.6 Å². The minimum absolute atomic E-state index is 0.294. The fraction of sp³-hybridized carbons (Fsp3) is 0.190. The van der Waals surface area contributed by atoms with Gasteiger partial charge in [0.15, 0.2) is 0 Å². The maximum absolute atomic E-state index is 12.6. The molecule has 1 amide bonds. The first-order valence-corrected chi connectivity index (χ1v) is 9.10. The molecule has 3 rings (SSSR count). The summed E-state index contributed by atoms with van der Waals surface area (Å²) in [6, 6.07) is 15.1. The smallest absolute Gasteiger partial charge is 0.274 e. The highest BCUT2D eigenvalue weighted by atomic mass is 35.5. The van der Waals surface area contributed by atoms with Gasteiger partial charge in [0.1, 0.15) is 5.69 Å². The van der Waals surface area contributed by atoms with Gasteiger partial charge >= 0.3 is 0 Å².